The van der Waals surface area contributed by atoms with Crippen LogP contribution in [0.15, 0.2) is 72.9 Å². The summed E-state index contributed by atoms with van der Waals surface area (Å²) in [4.78, 5) is 34.9. The van der Waals surface area contributed by atoms with Gasteiger partial charge in [0.1, 0.15) is 11.6 Å². The smallest absolute Gasteiger partial charge is 0.324 e. The van der Waals surface area contributed by atoms with Crippen LogP contribution in [0, 0.1) is 17.8 Å². The molecule has 2 heterocycles. The molecular formula is C41H48N8O6. The molecule has 288 valence electrons. The first-order valence-corrected chi connectivity index (χ1v) is 17.9. The Balaban J connectivity index is 1.22. The number of hydrogen-bond acceptors (Lipinski definition) is 10. The van der Waals surface area contributed by atoms with Crippen molar-refractivity contribution < 1.29 is 28.5 Å². The number of fused-ring (bicyclic) bond motifs is 1. The molecule has 0 radical (unpaired) electrons. The fraction of sp³-hybridized carbons (Fsp3) is 0.341. The van der Waals surface area contributed by atoms with Crippen molar-refractivity contribution in [1.82, 2.24) is 25.5 Å². The van der Waals surface area contributed by atoms with Crippen LogP contribution in [0.5, 0.6) is 11.6 Å². The maximum absolute atomic E-state index is 13.1. The number of carbonyl (C=O) groups is 2. The number of H-pyrrole nitrogens is 1. The molecule has 0 saturated carbocycles. The number of nitrogens with one attached hydrogen (secondary N) is 5. The van der Waals surface area contributed by atoms with Gasteiger partial charge in [0.05, 0.1) is 44.4 Å². The molecule has 0 saturated heterocycles. The zero-order chi connectivity index (χ0) is 39.4. The number of benzene rings is 3. The van der Waals surface area contributed by atoms with Crippen LogP contribution in [0.4, 0.5) is 27.9 Å². The second-order valence-electron chi connectivity index (χ2n) is 14.1. The number of carbonyl (C=O) groups excluding carboxylic acids is 2. The molecule has 0 aliphatic rings. The van der Waals surface area contributed by atoms with Crippen molar-refractivity contribution in [2.75, 3.05) is 62.6 Å². The minimum absolute atomic E-state index is 0.0378. The normalized spacial score (nSPS) is 11.5. The molecule has 0 fully saturated rings. The van der Waals surface area contributed by atoms with Crippen molar-refractivity contribution >= 4 is 45.9 Å². The van der Waals surface area contributed by atoms with E-state index >= 15 is 0 Å². The lowest BCUT2D eigenvalue weighted by Crippen LogP contribution is -2.34. The molecule has 5 aromatic rings. The second kappa shape index (κ2) is 18.4. The lowest BCUT2D eigenvalue weighted by Gasteiger charge is -2.37. The van der Waals surface area contributed by atoms with E-state index in [1.54, 1.807) is 49.7 Å². The molecule has 0 aliphatic carbocycles. The molecule has 2 aromatic heterocycles. The van der Waals surface area contributed by atoms with E-state index in [4.69, 9.17) is 25.4 Å². The van der Waals surface area contributed by atoms with Crippen molar-refractivity contribution in [3.8, 4) is 24.0 Å². The molecule has 3 aromatic carbocycles. The van der Waals surface area contributed by atoms with Crippen molar-refractivity contribution in [2.24, 2.45) is 5.41 Å². The fourth-order valence-corrected chi connectivity index (χ4v) is 5.25. The van der Waals surface area contributed by atoms with Gasteiger partial charge in [-0.3, -0.25) is 15.2 Å². The van der Waals surface area contributed by atoms with Crippen LogP contribution < -0.4 is 26.0 Å². The summed E-state index contributed by atoms with van der Waals surface area (Å²) in [6, 6.07) is 19.1. The summed E-state index contributed by atoms with van der Waals surface area (Å²) in [5.41, 5.74) is 2.56. The van der Waals surface area contributed by atoms with Gasteiger partial charge in [-0.2, -0.15) is 10.1 Å². The lowest BCUT2D eigenvalue weighted by molar-refractivity contribution is 0.0255. The predicted molar refractivity (Wildman–Crippen MR) is 213 cm³/mol. The van der Waals surface area contributed by atoms with Gasteiger partial charge in [0.15, 0.2) is 0 Å². The highest BCUT2D eigenvalue weighted by Gasteiger charge is 2.36. The van der Waals surface area contributed by atoms with Gasteiger partial charge >= 0.3 is 6.03 Å². The molecule has 0 unspecified atom stereocenters. The number of ether oxygens (including phenoxy) is 4. The number of hydrogen-bond donors (Lipinski definition) is 5. The Morgan fingerprint density at radius 1 is 0.873 bits per heavy atom. The fourth-order valence-electron chi connectivity index (χ4n) is 5.25. The highest BCUT2D eigenvalue weighted by molar-refractivity contribution is 6.07. The SMILES string of the molecule is C#Cc1cc(Nc2nccc(Oc3ccc(NC(=O)Nc4cc(C(C)(C)C(C)(C)C)n[nH]4)c4ccccc34)n2)cc(C(=O)NCCOCCOCCOC)c1. The van der Waals surface area contributed by atoms with E-state index in [1.165, 1.54) is 0 Å². The summed E-state index contributed by atoms with van der Waals surface area (Å²) in [6.07, 6.45) is 7.26. The number of methoxy groups -OCH3 is 1. The van der Waals surface area contributed by atoms with Crippen LogP contribution in [0.25, 0.3) is 10.8 Å². The van der Waals surface area contributed by atoms with Gasteiger partial charge in [0.2, 0.25) is 11.8 Å². The molecule has 0 bridgehead atoms. The summed E-state index contributed by atoms with van der Waals surface area (Å²) in [6.45, 7) is 13.2. The van der Waals surface area contributed by atoms with Crippen LogP contribution in [0.1, 0.15) is 56.2 Å². The summed E-state index contributed by atoms with van der Waals surface area (Å²) < 4.78 is 22.0. The third kappa shape index (κ3) is 10.8. The second-order valence-corrected chi connectivity index (χ2v) is 14.1. The van der Waals surface area contributed by atoms with Gasteiger partial charge in [0.25, 0.3) is 5.91 Å². The molecule has 14 nitrogen and oxygen atoms in total. The minimum atomic E-state index is -0.423. The number of rotatable bonds is 17. The van der Waals surface area contributed by atoms with Gasteiger partial charge < -0.3 is 34.9 Å². The average molecular weight is 749 g/mol. The third-order valence-electron chi connectivity index (χ3n) is 9.27. The number of amides is 3. The van der Waals surface area contributed by atoms with E-state index in [9.17, 15) is 9.59 Å². The van der Waals surface area contributed by atoms with Gasteiger partial charge in [-0.15, -0.1) is 6.42 Å². The molecule has 0 spiro atoms. The lowest BCUT2D eigenvalue weighted by atomic mass is 9.67. The molecule has 0 aliphatic heterocycles. The van der Waals surface area contributed by atoms with E-state index in [1.807, 2.05) is 30.3 Å². The first kappa shape index (κ1) is 40.2. The first-order chi connectivity index (χ1) is 26.4. The van der Waals surface area contributed by atoms with Crippen molar-refractivity contribution in [2.45, 2.75) is 40.0 Å². The number of terminal acetylenes is 1. The van der Waals surface area contributed by atoms with Crippen LogP contribution in [-0.4, -0.2) is 78.8 Å². The van der Waals surface area contributed by atoms with Crippen LogP contribution in [0.3, 0.4) is 0 Å². The molecule has 55 heavy (non-hydrogen) atoms. The molecule has 0 atom stereocenters. The van der Waals surface area contributed by atoms with Crippen LogP contribution in [0.2, 0.25) is 0 Å². The monoisotopic (exact) mass is 748 g/mol. The largest absolute Gasteiger partial charge is 0.438 e. The molecule has 14 heteroatoms. The average Bonchev–Trinajstić information content (AvgIpc) is 3.63. The Labute approximate surface area is 321 Å². The van der Waals surface area contributed by atoms with E-state index in [-0.39, 0.29) is 28.6 Å². The van der Waals surface area contributed by atoms with E-state index < -0.39 is 6.03 Å². The Morgan fingerprint density at radius 2 is 1.62 bits per heavy atom. The zero-order valence-corrected chi connectivity index (χ0v) is 32.0. The Kier molecular flexibility index (Phi) is 13.4. The van der Waals surface area contributed by atoms with Crippen LogP contribution >= 0.6 is 0 Å². The quantitative estimate of drug-likeness (QED) is 0.0482. The Morgan fingerprint density at radius 3 is 2.36 bits per heavy atom. The van der Waals surface area contributed by atoms with Gasteiger partial charge in [-0.05, 0) is 35.7 Å². The number of aromatic amines is 1. The highest BCUT2D eigenvalue weighted by atomic mass is 16.5. The van der Waals surface area contributed by atoms with E-state index in [0.717, 1.165) is 16.5 Å². The summed E-state index contributed by atoms with van der Waals surface area (Å²) in [5.74, 6) is 3.78. The topological polar surface area (TPSA) is 174 Å². The molecule has 5 N–H and O–H groups in total. The summed E-state index contributed by atoms with van der Waals surface area (Å²) in [5, 5.41) is 20.7. The van der Waals surface area contributed by atoms with Crippen LogP contribution in [-0.2, 0) is 19.6 Å². The van der Waals surface area contributed by atoms with Gasteiger partial charge in [-0.1, -0.05) is 64.8 Å². The number of nitrogens with zero attached hydrogens (tertiary/aromatic N) is 3. The maximum atomic E-state index is 13.1. The maximum Gasteiger partial charge on any atom is 0.324 e. The number of urea groups is 1. The van der Waals surface area contributed by atoms with Crippen molar-refractivity contribution in [3.63, 3.8) is 0 Å². The first-order valence-electron chi connectivity index (χ1n) is 17.9. The molecular weight excluding hydrogens is 701 g/mol. The predicted octanol–water partition coefficient (Wildman–Crippen LogP) is 7.25. The molecule has 5 rings (SSSR count). The van der Waals surface area contributed by atoms with Crippen molar-refractivity contribution in [3.05, 3.63) is 89.7 Å². The standard InChI is InChI=1S/C41H48N8O6/c1-8-27-23-28(37(50)42-17-18-53-21-22-54-20-19-52-7)25-29(24-27)44-38-43-16-15-36(47-38)55-33-14-13-32(30-11-9-10-12-31(30)33)45-39(51)46-35-26-34(48-49-35)41(5,6)40(2,3)4/h1,9-16,23-26H,17-22H2,2-7H3,(H,42,50)(H,43,44,47)(H3,45,46,48,49,51). The van der Waals surface area contributed by atoms with Gasteiger partial charge in [-0.25, -0.2) is 9.78 Å². The Hall–Kier alpha value is -6.01. The van der Waals surface area contributed by atoms with E-state index in [0.29, 0.717) is 73.6 Å². The number of anilines is 4. The Bertz CT molecular complexity index is 2140. The highest BCUT2D eigenvalue weighted by Crippen LogP contribution is 2.40. The number of aromatic nitrogens is 4. The van der Waals surface area contributed by atoms with Gasteiger partial charge in [0, 0.05) is 65.0 Å². The third-order valence-corrected chi connectivity index (χ3v) is 9.27. The summed E-state index contributed by atoms with van der Waals surface area (Å²) in [7, 11) is 1.61. The summed E-state index contributed by atoms with van der Waals surface area (Å²) >= 11 is 0. The van der Waals surface area contributed by atoms with Crippen molar-refractivity contribution in [1.29, 1.82) is 0 Å². The minimum Gasteiger partial charge on any atom is -0.438 e. The van der Waals surface area contributed by atoms with E-state index in [2.05, 4.69) is 82.0 Å². The molecule has 3 amide bonds. The zero-order valence-electron chi connectivity index (χ0n) is 32.0.